The lowest BCUT2D eigenvalue weighted by atomic mass is 9.92. The van der Waals surface area contributed by atoms with Crippen LogP contribution >= 0.6 is 11.6 Å². The van der Waals surface area contributed by atoms with Crippen LogP contribution in [0.25, 0.3) is 0 Å². The lowest BCUT2D eigenvalue weighted by molar-refractivity contribution is -0.0401. The van der Waals surface area contributed by atoms with Gasteiger partial charge in [0.1, 0.15) is 18.5 Å². The second-order valence-electron chi connectivity index (χ2n) is 7.88. The number of amides is 1. The number of morpholine rings is 1. The number of rotatable bonds is 6. The van der Waals surface area contributed by atoms with E-state index in [4.69, 9.17) is 30.5 Å². The number of ether oxygens (including phenoxy) is 4. The highest BCUT2D eigenvalue weighted by molar-refractivity contribution is 6.34. The van der Waals surface area contributed by atoms with E-state index in [1.165, 1.54) is 38.2 Å². The van der Waals surface area contributed by atoms with Crippen molar-refractivity contribution >= 4 is 17.5 Å². The highest BCUT2D eigenvalue weighted by Crippen LogP contribution is 2.34. The van der Waals surface area contributed by atoms with Crippen molar-refractivity contribution in [2.75, 3.05) is 40.5 Å². The molecule has 0 aromatic heterocycles. The summed E-state index contributed by atoms with van der Waals surface area (Å²) in [5.74, 6) is 1.65. The molecule has 0 saturated carbocycles. The van der Waals surface area contributed by atoms with Crippen LogP contribution in [-0.2, 0) is 17.6 Å². The van der Waals surface area contributed by atoms with Gasteiger partial charge in [0.25, 0.3) is 5.91 Å². The molecule has 1 saturated heterocycles. The van der Waals surface area contributed by atoms with Crippen molar-refractivity contribution in [1.29, 1.82) is 0 Å². The minimum absolute atomic E-state index is 0.159. The Labute approximate surface area is 188 Å². The maximum Gasteiger partial charge on any atom is 0.255 e. The minimum atomic E-state index is -0.201. The zero-order chi connectivity index (χ0) is 21.8. The quantitative estimate of drug-likeness (QED) is 0.668. The summed E-state index contributed by atoms with van der Waals surface area (Å²) in [7, 11) is 3.06. The molecular formula is C24H28ClNO5. The molecule has 1 unspecified atom stereocenters. The highest BCUT2D eigenvalue weighted by Gasteiger charge is 2.28. The summed E-state index contributed by atoms with van der Waals surface area (Å²) in [5.41, 5.74) is 3.19. The fourth-order valence-corrected chi connectivity index (χ4v) is 4.42. The molecule has 2 aromatic rings. The topological polar surface area (TPSA) is 57.2 Å². The fraction of sp³-hybridized carbons (Fsp3) is 0.458. The molecule has 1 aliphatic heterocycles. The average Bonchev–Trinajstić information content (AvgIpc) is 2.82. The van der Waals surface area contributed by atoms with Crippen molar-refractivity contribution in [3.63, 3.8) is 0 Å². The van der Waals surface area contributed by atoms with E-state index in [9.17, 15) is 4.79 Å². The van der Waals surface area contributed by atoms with Crippen LogP contribution < -0.4 is 14.2 Å². The van der Waals surface area contributed by atoms with Crippen LogP contribution in [0.5, 0.6) is 17.2 Å². The molecule has 1 amide bonds. The molecule has 0 radical (unpaired) electrons. The number of hydrogen-bond acceptors (Lipinski definition) is 5. The third-order valence-electron chi connectivity index (χ3n) is 5.89. The Hall–Kier alpha value is -2.44. The molecule has 1 atom stereocenters. The van der Waals surface area contributed by atoms with E-state index in [0.29, 0.717) is 48.4 Å². The van der Waals surface area contributed by atoms with Crippen LogP contribution in [-0.4, -0.2) is 57.4 Å². The van der Waals surface area contributed by atoms with Gasteiger partial charge in [-0.1, -0.05) is 17.7 Å². The Kier molecular flexibility index (Phi) is 6.88. The summed E-state index contributed by atoms with van der Waals surface area (Å²) in [4.78, 5) is 14.9. The summed E-state index contributed by atoms with van der Waals surface area (Å²) < 4.78 is 22.4. The Morgan fingerprint density at radius 2 is 1.84 bits per heavy atom. The minimum Gasteiger partial charge on any atom is -0.493 e. The highest BCUT2D eigenvalue weighted by atomic mass is 35.5. The van der Waals surface area contributed by atoms with Gasteiger partial charge in [0.05, 0.1) is 38.0 Å². The van der Waals surface area contributed by atoms with Crippen LogP contribution in [0.2, 0.25) is 5.02 Å². The van der Waals surface area contributed by atoms with E-state index >= 15 is 0 Å². The number of benzene rings is 2. The van der Waals surface area contributed by atoms with Gasteiger partial charge in [-0.2, -0.15) is 0 Å². The van der Waals surface area contributed by atoms with Gasteiger partial charge in [-0.3, -0.25) is 4.79 Å². The van der Waals surface area contributed by atoms with Crippen LogP contribution in [0.1, 0.15) is 34.3 Å². The molecule has 1 heterocycles. The third kappa shape index (κ3) is 4.91. The van der Waals surface area contributed by atoms with Crippen LogP contribution in [0.15, 0.2) is 30.3 Å². The number of carbonyl (C=O) groups is 1. The maximum absolute atomic E-state index is 13.1. The van der Waals surface area contributed by atoms with Gasteiger partial charge in [0.2, 0.25) is 0 Å². The molecule has 1 fully saturated rings. The summed E-state index contributed by atoms with van der Waals surface area (Å²) in [6.07, 6.45) is 4.56. The first-order chi connectivity index (χ1) is 15.1. The molecule has 1 aliphatic carbocycles. The number of fused-ring (bicyclic) bond motifs is 1. The molecule has 0 spiro atoms. The molecule has 7 heteroatoms. The van der Waals surface area contributed by atoms with E-state index in [1.807, 2.05) is 6.07 Å². The van der Waals surface area contributed by atoms with Gasteiger partial charge >= 0.3 is 0 Å². The molecule has 0 bridgehead atoms. The molecule has 166 valence electrons. The average molecular weight is 446 g/mol. The van der Waals surface area contributed by atoms with Gasteiger partial charge in [-0.25, -0.2) is 0 Å². The summed E-state index contributed by atoms with van der Waals surface area (Å²) >= 11 is 6.35. The van der Waals surface area contributed by atoms with E-state index in [1.54, 1.807) is 17.0 Å². The van der Waals surface area contributed by atoms with Gasteiger partial charge in [0, 0.05) is 12.6 Å². The van der Waals surface area contributed by atoms with Gasteiger partial charge in [-0.15, -0.1) is 0 Å². The molecule has 0 N–H and O–H groups in total. The first-order valence-corrected chi connectivity index (χ1v) is 11.0. The first-order valence-electron chi connectivity index (χ1n) is 10.7. The summed E-state index contributed by atoms with van der Waals surface area (Å²) in [6.45, 7) is 1.78. The normalized spacial score (nSPS) is 18.3. The van der Waals surface area contributed by atoms with E-state index in [2.05, 4.69) is 12.1 Å². The van der Waals surface area contributed by atoms with Crippen molar-refractivity contribution in [1.82, 2.24) is 4.90 Å². The summed E-state index contributed by atoms with van der Waals surface area (Å²) in [6, 6.07) is 9.56. The summed E-state index contributed by atoms with van der Waals surface area (Å²) in [5, 5.41) is 0.330. The van der Waals surface area contributed by atoms with Crippen LogP contribution in [0, 0.1) is 0 Å². The van der Waals surface area contributed by atoms with Crippen LogP contribution in [0.4, 0.5) is 0 Å². The van der Waals surface area contributed by atoms with E-state index in [-0.39, 0.29) is 12.0 Å². The molecular weight excluding hydrogens is 418 g/mol. The number of methoxy groups -OCH3 is 2. The van der Waals surface area contributed by atoms with Gasteiger partial charge in [-0.05, 0) is 55.0 Å². The Morgan fingerprint density at radius 1 is 1.10 bits per heavy atom. The van der Waals surface area contributed by atoms with Gasteiger partial charge < -0.3 is 23.8 Å². The molecule has 2 aliphatic rings. The predicted molar refractivity (Wildman–Crippen MR) is 119 cm³/mol. The van der Waals surface area contributed by atoms with Crippen molar-refractivity contribution in [3.8, 4) is 17.2 Å². The third-order valence-corrected chi connectivity index (χ3v) is 6.20. The monoisotopic (exact) mass is 445 g/mol. The Bertz CT molecular complexity index is 948. The fourth-order valence-electron chi connectivity index (χ4n) is 4.18. The number of nitrogens with zero attached hydrogens (tertiary/aromatic N) is 1. The molecule has 31 heavy (non-hydrogen) atoms. The maximum atomic E-state index is 13.1. The zero-order valence-corrected chi connectivity index (χ0v) is 18.7. The SMILES string of the molecule is COc1cc(Cl)c(C(=O)N2CCOC(COc3ccc4c(c3)CCCC4)C2)cc1OC. The largest absolute Gasteiger partial charge is 0.493 e. The predicted octanol–water partition coefficient (Wildman–Crippen LogP) is 4.16. The van der Waals surface area contributed by atoms with E-state index in [0.717, 1.165) is 18.6 Å². The van der Waals surface area contributed by atoms with Crippen molar-refractivity contribution in [2.24, 2.45) is 0 Å². The zero-order valence-electron chi connectivity index (χ0n) is 18.0. The number of carbonyl (C=O) groups excluding carboxylic acids is 1. The Balaban J connectivity index is 1.40. The smallest absolute Gasteiger partial charge is 0.255 e. The number of aryl methyl sites for hydroxylation is 2. The second kappa shape index (κ2) is 9.79. The number of halogens is 1. The van der Waals surface area contributed by atoms with Gasteiger partial charge in [0.15, 0.2) is 11.5 Å². The number of hydrogen-bond donors (Lipinski definition) is 0. The first kappa shape index (κ1) is 21.8. The Morgan fingerprint density at radius 3 is 2.61 bits per heavy atom. The lowest BCUT2D eigenvalue weighted by Gasteiger charge is -2.33. The molecule has 4 rings (SSSR count). The molecule has 2 aromatic carbocycles. The van der Waals surface area contributed by atoms with Crippen LogP contribution in [0.3, 0.4) is 0 Å². The van der Waals surface area contributed by atoms with Crippen molar-refractivity contribution < 1.29 is 23.7 Å². The molecule has 6 nitrogen and oxygen atoms in total. The lowest BCUT2D eigenvalue weighted by Crippen LogP contribution is -2.47. The second-order valence-corrected chi connectivity index (χ2v) is 8.29. The van der Waals surface area contributed by atoms with Crippen molar-refractivity contribution in [2.45, 2.75) is 31.8 Å². The van der Waals surface area contributed by atoms with E-state index < -0.39 is 0 Å². The standard InChI is InChI=1S/C24H28ClNO5/c1-28-22-12-20(21(25)13-23(22)29-2)24(27)26-9-10-30-19(14-26)15-31-18-8-7-16-5-3-4-6-17(16)11-18/h7-8,11-13,19H,3-6,9-10,14-15H2,1-2H3. The van der Waals surface area contributed by atoms with Crippen molar-refractivity contribution in [3.05, 3.63) is 52.0 Å².